The van der Waals surface area contributed by atoms with E-state index >= 15 is 0 Å². The van der Waals surface area contributed by atoms with Gasteiger partial charge >= 0.3 is 30.0 Å². The van der Waals surface area contributed by atoms with Gasteiger partial charge in [0.1, 0.15) is 0 Å². The van der Waals surface area contributed by atoms with Crippen LogP contribution < -0.4 is 10.1 Å². The molecule has 0 aliphatic heterocycles. The number of amides is 1. The molecule has 0 saturated carbocycles. The number of benzene rings is 1. The third kappa shape index (κ3) is 8.38. The fraction of sp³-hybridized carbons (Fsp3) is 0.500. The van der Waals surface area contributed by atoms with Crippen LogP contribution >= 0.6 is 13.6 Å². The van der Waals surface area contributed by atoms with Crippen LogP contribution in [0.1, 0.15) is 30.9 Å². The van der Waals surface area contributed by atoms with Crippen molar-refractivity contribution in [2.75, 3.05) is 13.2 Å². The van der Waals surface area contributed by atoms with Crippen LogP contribution in [0.3, 0.4) is 0 Å². The molecule has 0 radical (unpaired) electrons. The van der Waals surface area contributed by atoms with Gasteiger partial charge in [0.05, 0.1) is 0 Å². The Bertz CT molecular complexity index is 386. The summed E-state index contributed by atoms with van der Waals surface area (Å²) >= 11 is 4.25. The van der Waals surface area contributed by atoms with Gasteiger partial charge in [-0.2, -0.15) is 17.7 Å². The van der Waals surface area contributed by atoms with E-state index in [0.717, 1.165) is 36.3 Å². The maximum absolute atomic E-state index is 11.4. The summed E-state index contributed by atoms with van der Waals surface area (Å²) < 4.78 is 5.48. The quantitative estimate of drug-likeness (QED) is 0.468. The van der Waals surface area contributed by atoms with Gasteiger partial charge in [-0.15, -0.1) is 11.6 Å². The number of nitrogens with one attached hydrogen (secondary N) is 1. The minimum atomic E-state index is -0.0664. The number of carbonyl (C=O) groups is 1. The summed E-state index contributed by atoms with van der Waals surface area (Å²) in [6.45, 7) is 6.79. The number of hydrogen-bond donors (Lipinski definition) is 1. The summed E-state index contributed by atoms with van der Waals surface area (Å²) in [4.78, 5) is 11.4. The molecule has 19 heavy (non-hydrogen) atoms. The first-order chi connectivity index (χ1) is 9.13. The van der Waals surface area contributed by atoms with Crippen LogP contribution in [0.2, 0.25) is 0 Å². The van der Waals surface area contributed by atoms with Gasteiger partial charge in [-0.1, -0.05) is 27.2 Å². The van der Waals surface area contributed by atoms with E-state index in [2.05, 4.69) is 31.9 Å². The fourth-order valence-corrected chi connectivity index (χ4v) is 1.40. The van der Waals surface area contributed by atoms with E-state index < -0.39 is 0 Å². The molecule has 0 heterocycles. The Morgan fingerprint density at radius 1 is 1.47 bits per heavy atom. The van der Waals surface area contributed by atoms with E-state index in [1.54, 1.807) is 0 Å². The second-order valence-corrected chi connectivity index (χ2v) is 4.16. The zero-order valence-corrected chi connectivity index (χ0v) is 16.4. The number of ether oxygens (including phenoxy) is 1. The average molecular weight is 380 g/mol. The van der Waals surface area contributed by atoms with Gasteiger partial charge < -0.3 is 10.1 Å². The van der Waals surface area contributed by atoms with Gasteiger partial charge in [0, 0.05) is 12.3 Å². The zero-order chi connectivity index (χ0) is 14.7. The van der Waals surface area contributed by atoms with Gasteiger partial charge in [-0.3, -0.25) is 4.79 Å². The summed E-state index contributed by atoms with van der Waals surface area (Å²) in [5, 5.41) is 2.82. The molecule has 1 rings (SSSR count). The molecule has 0 saturated heterocycles. The first-order valence-corrected chi connectivity index (χ1v) is 13.2. The van der Waals surface area contributed by atoms with E-state index in [0.29, 0.717) is 0 Å². The third-order valence-electron chi connectivity index (χ3n) is 2.46. The van der Waals surface area contributed by atoms with Crippen molar-refractivity contribution < 1.29 is 25.9 Å². The van der Waals surface area contributed by atoms with Crippen molar-refractivity contribution in [1.82, 2.24) is 5.32 Å². The number of carbonyl (C=O) groups excluding carboxylic acids is 1. The maximum atomic E-state index is 11.4. The monoisotopic (exact) mass is 377 g/mol. The van der Waals surface area contributed by atoms with Crippen molar-refractivity contribution in [2.24, 2.45) is 0 Å². The number of halogens is 1. The van der Waals surface area contributed by atoms with Crippen molar-refractivity contribution in [1.29, 1.82) is 0 Å². The van der Waals surface area contributed by atoms with Crippen LogP contribution in [-0.2, 0) is 21.1 Å². The predicted octanol–water partition coefficient (Wildman–Crippen LogP) is 3.24. The number of aryl methyl sites for hydroxylation is 2. The molecule has 1 aromatic carbocycles. The Hall–Kier alpha value is -0.407. The molecule has 102 valence electrons. The first-order valence-electron chi connectivity index (χ1n) is 6.28. The molecule has 0 unspecified atom stereocenters. The molecule has 3 nitrogen and oxygen atoms in total. The van der Waals surface area contributed by atoms with Gasteiger partial charge in [0.2, 0.25) is 0 Å². The topological polar surface area (TPSA) is 38.3 Å². The Morgan fingerprint density at radius 2 is 2.16 bits per heavy atom. The van der Waals surface area contributed by atoms with E-state index in [1.165, 1.54) is 16.3 Å². The van der Waals surface area contributed by atoms with E-state index in [4.69, 9.17) is 4.74 Å². The molecule has 0 atom stereocenters. The van der Waals surface area contributed by atoms with Crippen LogP contribution in [0.5, 0.6) is 5.75 Å². The second-order valence-electron chi connectivity index (χ2n) is 4.16. The normalized spacial score (nSPS) is 9.37. The molecule has 0 fully saturated rings. The molecule has 1 amide bonds. The van der Waals surface area contributed by atoms with Crippen LogP contribution in [0.15, 0.2) is 12.1 Å². The fourth-order valence-electron chi connectivity index (χ4n) is 1.40. The minimum absolute atomic E-state index is 0.0664. The summed E-state index contributed by atoms with van der Waals surface area (Å²) in [7, 11) is 0. The number of unbranched alkanes of at least 4 members (excludes halogenated alkanes) is 1. The van der Waals surface area contributed by atoms with Gasteiger partial charge in [0.15, 0.2) is 6.61 Å². The standard InChI is InChI=1S/C14H20NO2.BrH.Zn/c1-4-5-8-15-14(16)10-17-13-9-11(2)6-7-12(13)3;;/h7,9H,4-5,8,10H2,1-3H3,(H,15,16);1H;/q-1;;+2/p-1. The molecule has 1 N–H and O–H groups in total. The second kappa shape index (κ2) is 11.4. The summed E-state index contributed by atoms with van der Waals surface area (Å²) in [6, 6.07) is 6.86. The van der Waals surface area contributed by atoms with Crippen LogP contribution in [0.25, 0.3) is 0 Å². The first kappa shape index (κ1) is 18.6. The summed E-state index contributed by atoms with van der Waals surface area (Å²) in [6.07, 6.45) is 2.08. The molecule has 0 aromatic heterocycles. The van der Waals surface area contributed by atoms with Crippen LogP contribution in [-0.4, -0.2) is 19.1 Å². The van der Waals surface area contributed by atoms with E-state index in [-0.39, 0.29) is 12.5 Å². The van der Waals surface area contributed by atoms with Gasteiger partial charge in [-0.05, 0) is 6.42 Å². The van der Waals surface area contributed by atoms with Crippen molar-refractivity contribution in [3.63, 3.8) is 0 Å². The number of rotatable bonds is 6. The van der Waals surface area contributed by atoms with Crippen molar-refractivity contribution in [2.45, 2.75) is 33.6 Å². The predicted molar refractivity (Wildman–Crippen MR) is 77.1 cm³/mol. The molecule has 0 bridgehead atoms. The molecule has 0 aliphatic rings. The average Bonchev–Trinajstić information content (AvgIpc) is 2.42. The molecule has 1 aromatic rings. The molecular weight excluding hydrogens is 359 g/mol. The summed E-state index contributed by atoms with van der Waals surface area (Å²) in [5.41, 5.74) is 2.01. The van der Waals surface area contributed by atoms with E-state index in [9.17, 15) is 4.79 Å². The Kier molecular flexibility index (Phi) is 11.2. The van der Waals surface area contributed by atoms with Crippen molar-refractivity contribution in [3.8, 4) is 5.75 Å². The van der Waals surface area contributed by atoms with Crippen molar-refractivity contribution >= 4 is 19.5 Å². The Labute approximate surface area is 132 Å². The Balaban J connectivity index is 0.00000154. The SMILES string of the molecule is CCCCNC(=O)COc1cc(C)[c-]cc1C.[Zn+][Br]. The molecule has 5 heteroatoms. The molecule has 0 aliphatic carbocycles. The van der Waals surface area contributed by atoms with Gasteiger partial charge in [-0.25, -0.2) is 0 Å². The van der Waals surface area contributed by atoms with E-state index in [1.807, 2.05) is 26.0 Å². The van der Waals surface area contributed by atoms with Gasteiger partial charge in [0.25, 0.3) is 5.91 Å². The Morgan fingerprint density at radius 3 is 2.79 bits per heavy atom. The van der Waals surface area contributed by atoms with Crippen LogP contribution in [0, 0.1) is 19.9 Å². The number of hydrogen-bond acceptors (Lipinski definition) is 2. The van der Waals surface area contributed by atoms with Crippen molar-refractivity contribution in [3.05, 3.63) is 29.3 Å². The van der Waals surface area contributed by atoms with Crippen LogP contribution in [0.4, 0.5) is 0 Å². The zero-order valence-electron chi connectivity index (χ0n) is 11.9. The summed E-state index contributed by atoms with van der Waals surface area (Å²) in [5.74, 6) is 0.690. The third-order valence-corrected chi connectivity index (χ3v) is 2.46. The molecule has 0 spiro atoms. The molecular formula is C14H20BrNO2Zn.